The summed E-state index contributed by atoms with van der Waals surface area (Å²) in [5, 5.41) is 0. The first-order valence-electron chi connectivity index (χ1n) is 6.94. The number of methoxy groups -OCH3 is 1. The molecular weight excluding hydrogens is 274 g/mol. The molecule has 1 aromatic rings. The Morgan fingerprint density at radius 2 is 1.80 bits per heavy atom. The fourth-order valence-electron chi connectivity index (χ4n) is 2.77. The predicted octanol–water partition coefficient (Wildman–Crippen LogP) is 2.40. The molecule has 0 amide bonds. The third-order valence-electron chi connectivity index (χ3n) is 4.01. The molecule has 20 heavy (non-hydrogen) atoms. The summed E-state index contributed by atoms with van der Waals surface area (Å²) in [7, 11) is -1.77. The van der Waals surface area contributed by atoms with Crippen molar-refractivity contribution in [2.24, 2.45) is 5.41 Å². The Labute approximate surface area is 121 Å². The fourth-order valence-corrected chi connectivity index (χ4v) is 4.12. The standard InChI is InChI=1S/C15H23NO3S/c1-12-7-13(2)9-14(8-12)20(17,18)16-10-15(11-19-3)5-4-6-15/h7-9,16H,4-6,10-11H2,1-3H3. The molecule has 0 bridgehead atoms. The van der Waals surface area contributed by atoms with Crippen LogP contribution in [0, 0.1) is 19.3 Å². The van der Waals surface area contributed by atoms with Gasteiger partial charge in [0, 0.05) is 19.1 Å². The van der Waals surface area contributed by atoms with Gasteiger partial charge in [-0.25, -0.2) is 13.1 Å². The summed E-state index contributed by atoms with van der Waals surface area (Å²) in [5.41, 5.74) is 1.90. The Kier molecular flexibility index (Phi) is 4.52. The lowest BCUT2D eigenvalue weighted by Gasteiger charge is -2.41. The van der Waals surface area contributed by atoms with E-state index < -0.39 is 10.0 Å². The molecule has 1 aliphatic rings. The van der Waals surface area contributed by atoms with Gasteiger partial charge >= 0.3 is 0 Å². The van der Waals surface area contributed by atoms with Crippen LogP contribution in [-0.2, 0) is 14.8 Å². The van der Waals surface area contributed by atoms with Gasteiger partial charge in [0.2, 0.25) is 10.0 Å². The molecule has 0 atom stereocenters. The fraction of sp³-hybridized carbons (Fsp3) is 0.600. The van der Waals surface area contributed by atoms with Gasteiger partial charge in [-0.15, -0.1) is 0 Å². The van der Waals surface area contributed by atoms with E-state index in [-0.39, 0.29) is 5.41 Å². The van der Waals surface area contributed by atoms with E-state index >= 15 is 0 Å². The quantitative estimate of drug-likeness (QED) is 0.877. The van der Waals surface area contributed by atoms with Crippen molar-refractivity contribution in [3.8, 4) is 0 Å². The van der Waals surface area contributed by atoms with E-state index in [4.69, 9.17) is 4.74 Å². The normalized spacial score (nSPS) is 17.8. The number of hydrogen-bond donors (Lipinski definition) is 1. The van der Waals surface area contributed by atoms with Crippen molar-refractivity contribution in [2.45, 2.75) is 38.0 Å². The first-order valence-corrected chi connectivity index (χ1v) is 8.42. The molecule has 1 fully saturated rings. The molecule has 1 saturated carbocycles. The molecule has 0 radical (unpaired) electrons. The number of ether oxygens (including phenoxy) is 1. The molecule has 2 rings (SSSR count). The van der Waals surface area contributed by atoms with E-state index in [1.165, 1.54) is 0 Å². The van der Waals surface area contributed by atoms with Crippen LogP contribution in [0.5, 0.6) is 0 Å². The molecule has 0 aromatic heterocycles. The van der Waals surface area contributed by atoms with Crippen LogP contribution in [0.15, 0.2) is 23.1 Å². The highest BCUT2D eigenvalue weighted by molar-refractivity contribution is 7.89. The molecule has 112 valence electrons. The van der Waals surface area contributed by atoms with Crippen molar-refractivity contribution in [1.82, 2.24) is 4.72 Å². The van der Waals surface area contributed by atoms with Crippen molar-refractivity contribution in [1.29, 1.82) is 0 Å². The summed E-state index contributed by atoms with van der Waals surface area (Å²) < 4.78 is 32.7. The maximum Gasteiger partial charge on any atom is 0.240 e. The highest BCUT2D eigenvalue weighted by Crippen LogP contribution is 2.40. The average Bonchev–Trinajstić information content (AvgIpc) is 2.31. The SMILES string of the molecule is COCC1(CNS(=O)(=O)c2cc(C)cc(C)c2)CCC1. The number of nitrogens with one attached hydrogen (secondary N) is 1. The highest BCUT2D eigenvalue weighted by atomic mass is 32.2. The lowest BCUT2D eigenvalue weighted by atomic mass is 9.69. The minimum atomic E-state index is -3.44. The minimum absolute atomic E-state index is 0.0132. The topological polar surface area (TPSA) is 55.4 Å². The third-order valence-corrected chi connectivity index (χ3v) is 5.39. The van der Waals surface area contributed by atoms with E-state index in [1.54, 1.807) is 19.2 Å². The first kappa shape index (κ1) is 15.5. The Morgan fingerprint density at radius 3 is 2.25 bits per heavy atom. The molecule has 0 spiro atoms. The van der Waals surface area contributed by atoms with Crippen LogP contribution in [0.1, 0.15) is 30.4 Å². The van der Waals surface area contributed by atoms with Crippen LogP contribution in [0.4, 0.5) is 0 Å². The molecule has 1 N–H and O–H groups in total. The summed E-state index contributed by atoms with van der Waals surface area (Å²) in [6.07, 6.45) is 3.20. The summed E-state index contributed by atoms with van der Waals surface area (Å²) in [6.45, 7) is 4.88. The van der Waals surface area contributed by atoms with Crippen LogP contribution in [0.3, 0.4) is 0 Å². The van der Waals surface area contributed by atoms with E-state index in [9.17, 15) is 8.42 Å². The Bertz CT molecular complexity index is 557. The van der Waals surface area contributed by atoms with Crippen LogP contribution in [-0.4, -0.2) is 28.7 Å². The lowest BCUT2D eigenvalue weighted by Crippen LogP contribution is -2.45. The second-order valence-corrected chi connectivity index (χ2v) is 7.70. The zero-order valence-electron chi connectivity index (χ0n) is 12.4. The molecule has 0 heterocycles. The molecule has 4 nitrogen and oxygen atoms in total. The molecule has 1 aromatic carbocycles. The summed E-state index contributed by atoms with van der Waals surface area (Å²) in [4.78, 5) is 0.349. The number of rotatable bonds is 6. The maximum absolute atomic E-state index is 12.4. The van der Waals surface area contributed by atoms with Gasteiger partial charge in [0.05, 0.1) is 11.5 Å². The van der Waals surface area contributed by atoms with Crippen molar-refractivity contribution in [3.63, 3.8) is 0 Å². The van der Waals surface area contributed by atoms with Crippen molar-refractivity contribution in [2.75, 3.05) is 20.3 Å². The Morgan fingerprint density at radius 1 is 1.20 bits per heavy atom. The third kappa shape index (κ3) is 3.40. The molecule has 1 aliphatic carbocycles. The Hall–Kier alpha value is -0.910. The molecule has 0 saturated heterocycles. The summed E-state index contributed by atoms with van der Waals surface area (Å²) >= 11 is 0. The van der Waals surface area contributed by atoms with Crippen molar-refractivity contribution in [3.05, 3.63) is 29.3 Å². The van der Waals surface area contributed by atoms with E-state index in [0.717, 1.165) is 30.4 Å². The molecule has 0 aliphatic heterocycles. The summed E-state index contributed by atoms with van der Waals surface area (Å²) in [5.74, 6) is 0. The molecule has 0 unspecified atom stereocenters. The molecule has 5 heteroatoms. The first-order chi connectivity index (χ1) is 9.37. The van der Waals surface area contributed by atoms with Crippen LogP contribution in [0.2, 0.25) is 0 Å². The van der Waals surface area contributed by atoms with Crippen LogP contribution in [0.25, 0.3) is 0 Å². The maximum atomic E-state index is 12.4. The lowest BCUT2D eigenvalue weighted by molar-refractivity contribution is 0.0220. The average molecular weight is 297 g/mol. The van der Waals surface area contributed by atoms with Gasteiger partial charge in [0.25, 0.3) is 0 Å². The van der Waals surface area contributed by atoms with Gasteiger partial charge in [-0.1, -0.05) is 12.5 Å². The number of hydrogen-bond acceptors (Lipinski definition) is 3. The van der Waals surface area contributed by atoms with Crippen molar-refractivity contribution >= 4 is 10.0 Å². The second kappa shape index (κ2) is 5.84. The van der Waals surface area contributed by atoms with Gasteiger partial charge < -0.3 is 4.74 Å². The predicted molar refractivity (Wildman–Crippen MR) is 79.3 cm³/mol. The van der Waals surface area contributed by atoms with Crippen molar-refractivity contribution < 1.29 is 13.2 Å². The number of benzene rings is 1. The highest BCUT2D eigenvalue weighted by Gasteiger charge is 2.38. The number of sulfonamides is 1. The monoisotopic (exact) mass is 297 g/mol. The smallest absolute Gasteiger partial charge is 0.240 e. The van der Waals surface area contributed by atoms with Gasteiger partial charge in [-0.05, 0) is 49.9 Å². The minimum Gasteiger partial charge on any atom is -0.384 e. The Balaban J connectivity index is 2.11. The van der Waals surface area contributed by atoms with E-state index in [2.05, 4.69) is 4.72 Å². The largest absolute Gasteiger partial charge is 0.384 e. The number of aryl methyl sites for hydroxylation is 2. The van der Waals surface area contributed by atoms with Gasteiger partial charge in [0.1, 0.15) is 0 Å². The van der Waals surface area contributed by atoms with E-state index in [0.29, 0.717) is 18.0 Å². The van der Waals surface area contributed by atoms with Gasteiger partial charge in [-0.3, -0.25) is 0 Å². The van der Waals surface area contributed by atoms with Crippen LogP contribution >= 0.6 is 0 Å². The summed E-state index contributed by atoms with van der Waals surface area (Å²) in [6, 6.07) is 5.38. The zero-order valence-corrected chi connectivity index (χ0v) is 13.2. The zero-order chi connectivity index (χ0) is 14.8. The van der Waals surface area contributed by atoms with Gasteiger partial charge in [-0.2, -0.15) is 0 Å². The van der Waals surface area contributed by atoms with Gasteiger partial charge in [0.15, 0.2) is 0 Å². The molecular formula is C15H23NO3S. The van der Waals surface area contributed by atoms with E-state index in [1.807, 2.05) is 19.9 Å². The second-order valence-electron chi connectivity index (χ2n) is 5.93. The van der Waals surface area contributed by atoms with Crippen LogP contribution < -0.4 is 4.72 Å².